The van der Waals surface area contributed by atoms with Gasteiger partial charge in [-0.2, -0.15) is 0 Å². The molecule has 0 aromatic carbocycles. The Morgan fingerprint density at radius 1 is 1.77 bits per heavy atom. The molecule has 0 amide bonds. The van der Waals surface area contributed by atoms with E-state index in [1.54, 1.807) is 10.7 Å². The molecule has 0 saturated heterocycles. The third kappa shape index (κ3) is 1.38. The number of hydrogen-bond donors (Lipinski definition) is 2. The average molecular weight is 198 g/mol. The molecule has 1 atom stereocenters. The molecule has 70 valence electrons. The molecular weight excluding hydrogens is 188 g/mol. The van der Waals surface area contributed by atoms with Crippen LogP contribution in [0.1, 0.15) is 18.5 Å². The number of fused-ring (bicyclic) bond motifs is 1. The quantitative estimate of drug-likeness (QED) is 0.735. The molecule has 2 rings (SSSR count). The number of aliphatic hydroxyl groups is 1. The van der Waals surface area contributed by atoms with Crippen molar-refractivity contribution in [1.82, 2.24) is 14.6 Å². The summed E-state index contributed by atoms with van der Waals surface area (Å²) in [7, 11) is 0. The van der Waals surface area contributed by atoms with Crippen LogP contribution in [0.2, 0.25) is 0 Å². The van der Waals surface area contributed by atoms with Crippen LogP contribution in [-0.4, -0.2) is 26.3 Å². The summed E-state index contributed by atoms with van der Waals surface area (Å²) in [4.78, 5) is 5.05. The highest BCUT2D eigenvalue weighted by molar-refractivity contribution is 7.20. The topological polar surface area (TPSA) is 76.4 Å². The minimum Gasteiger partial charge on any atom is -0.396 e. The van der Waals surface area contributed by atoms with Crippen molar-refractivity contribution in [2.45, 2.75) is 12.8 Å². The van der Waals surface area contributed by atoms with Crippen molar-refractivity contribution in [2.75, 3.05) is 12.3 Å². The van der Waals surface area contributed by atoms with Gasteiger partial charge in [-0.15, -0.1) is 5.10 Å². The summed E-state index contributed by atoms with van der Waals surface area (Å²) >= 11 is 1.34. The van der Waals surface area contributed by atoms with Gasteiger partial charge in [0.1, 0.15) is 0 Å². The largest absolute Gasteiger partial charge is 0.396 e. The van der Waals surface area contributed by atoms with Gasteiger partial charge in [0.25, 0.3) is 0 Å². The summed E-state index contributed by atoms with van der Waals surface area (Å²) < 4.78 is 1.64. The van der Waals surface area contributed by atoms with Gasteiger partial charge in [-0.25, -0.2) is 9.50 Å². The fraction of sp³-hybridized carbons (Fsp3) is 0.429. The summed E-state index contributed by atoms with van der Waals surface area (Å²) in [5.41, 5.74) is 6.34. The standard InChI is InChI=1S/C7H10N4OS/c1-4(3-12)5-2-11-7(9-5)13-6(8)10-11/h2,4,12H,3H2,1H3,(H2,8,10). The van der Waals surface area contributed by atoms with Crippen molar-refractivity contribution in [2.24, 2.45) is 0 Å². The molecule has 2 aromatic rings. The van der Waals surface area contributed by atoms with Gasteiger partial charge in [-0.3, -0.25) is 0 Å². The number of nitrogens with two attached hydrogens (primary N) is 1. The number of hydrogen-bond acceptors (Lipinski definition) is 5. The minimum absolute atomic E-state index is 0.0510. The van der Waals surface area contributed by atoms with Crippen LogP contribution in [0, 0.1) is 0 Å². The highest BCUT2D eigenvalue weighted by Gasteiger charge is 2.11. The molecule has 6 heteroatoms. The number of aliphatic hydroxyl groups excluding tert-OH is 1. The zero-order chi connectivity index (χ0) is 9.42. The van der Waals surface area contributed by atoms with Gasteiger partial charge in [0.2, 0.25) is 10.1 Å². The van der Waals surface area contributed by atoms with Gasteiger partial charge in [0.05, 0.1) is 18.5 Å². The zero-order valence-corrected chi connectivity index (χ0v) is 7.95. The first-order valence-corrected chi connectivity index (χ1v) is 4.75. The Bertz CT molecular complexity index is 389. The molecule has 3 N–H and O–H groups in total. The Morgan fingerprint density at radius 3 is 3.15 bits per heavy atom. The van der Waals surface area contributed by atoms with Crippen molar-refractivity contribution in [3.05, 3.63) is 11.9 Å². The van der Waals surface area contributed by atoms with E-state index in [1.165, 1.54) is 11.3 Å². The smallest absolute Gasteiger partial charge is 0.214 e. The summed E-state index contributed by atoms with van der Waals surface area (Å²) in [5.74, 6) is 0.0510. The van der Waals surface area contributed by atoms with E-state index in [2.05, 4.69) is 10.1 Å². The molecule has 0 aliphatic heterocycles. The normalized spacial score (nSPS) is 13.7. The number of nitrogen functional groups attached to an aromatic ring is 1. The maximum Gasteiger partial charge on any atom is 0.214 e. The van der Waals surface area contributed by atoms with E-state index in [1.807, 2.05) is 6.92 Å². The molecule has 0 fully saturated rings. The predicted octanol–water partition coefficient (Wildman–Crippen LogP) is 0.469. The Kier molecular flexibility index (Phi) is 1.93. The van der Waals surface area contributed by atoms with Crippen LogP contribution in [0.3, 0.4) is 0 Å². The van der Waals surface area contributed by atoms with Crippen molar-refractivity contribution in [1.29, 1.82) is 0 Å². The van der Waals surface area contributed by atoms with Gasteiger partial charge in [0, 0.05) is 5.92 Å². The van der Waals surface area contributed by atoms with E-state index in [-0.39, 0.29) is 12.5 Å². The van der Waals surface area contributed by atoms with Crippen LogP contribution in [0.25, 0.3) is 4.96 Å². The van der Waals surface area contributed by atoms with E-state index in [4.69, 9.17) is 10.8 Å². The molecule has 0 aliphatic rings. The fourth-order valence-electron chi connectivity index (χ4n) is 1.06. The molecule has 0 bridgehead atoms. The summed E-state index contributed by atoms with van der Waals surface area (Å²) in [6.07, 6.45) is 1.79. The number of rotatable bonds is 2. The molecule has 2 heterocycles. The van der Waals surface area contributed by atoms with Gasteiger partial charge in [-0.1, -0.05) is 18.3 Å². The summed E-state index contributed by atoms with van der Waals surface area (Å²) in [6, 6.07) is 0. The fourth-order valence-corrected chi connectivity index (χ4v) is 1.72. The lowest BCUT2D eigenvalue weighted by Crippen LogP contribution is -1.98. The number of nitrogens with zero attached hydrogens (tertiary/aromatic N) is 3. The first-order valence-electron chi connectivity index (χ1n) is 3.93. The first kappa shape index (κ1) is 8.46. The maximum absolute atomic E-state index is 8.91. The van der Waals surface area contributed by atoms with E-state index in [0.29, 0.717) is 5.13 Å². The van der Waals surface area contributed by atoms with Gasteiger partial charge in [-0.05, 0) is 0 Å². The Hall–Kier alpha value is -1.14. The van der Waals surface area contributed by atoms with Crippen molar-refractivity contribution >= 4 is 21.4 Å². The van der Waals surface area contributed by atoms with Crippen molar-refractivity contribution in [3.63, 3.8) is 0 Å². The zero-order valence-electron chi connectivity index (χ0n) is 7.14. The number of aromatic nitrogens is 3. The molecule has 13 heavy (non-hydrogen) atoms. The molecule has 5 nitrogen and oxygen atoms in total. The third-order valence-electron chi connectivity index (χ3n) is 1.86. The lowest BCUT2D eigenvalue weighted by atomic mass is 10.1. The van der Waals surface area contributed by atoms with Gasteiger partial charge in [0.15, 0.2) is 0 Å². The van der Waals surface area contributed by atoms with E-state index < -0.39 is 0 Å². The SMILES string of the molecule is CC(CO)c1cn2nc(N)sc2n1. The predicted molar refractivity (Wildman–Crippen MR) is 50.8 cm³/mol. The summed E-state index contributed by atoms with van der Waals surface area (Å²) in [6.45, 7) is 2.01. The highest BCUT2D eigenvalue weighted by Crippen LogP contribution is 2.19. The number of imidazole rings is 1. The van der Waals surface area contributed by atoms with Crippen molar-refractivity contribution in [3.8, 4) is 0 Å². The van der Waals surface area contributed by atoms with Crippen LogP contribution in [0.4, 0.5) is 5.13 Å². The second kappa shape index (κ2) is 2.97. The third-order valence-corrected chi connectivity index (χ3v) is 2.61. The maximum atomic E-state index is 8.91. The number of anilines is 1. The van der Waals surface area contributed by atoms with Crippen LogP contribution in [0.5, 0.6) is 0 Å². The van der Waals surface area contributed by atoms with Gasteiger partial charge < -0.3 is 10.8 Å². The first-order chi connectivity index (χ1) is 6.20. The molecule has 0 aliphatic carbocycles. The molecule has 1 unspecified atom stereocenters. The molecule has 2 aromatic heterocycles. The highest BCUT2D eigenvalue weighted by atomic mass is 32.1. The van der Waals surface area contributed by atoms with Crippen LogP contribution in [0.15, 0.2) is 6.20 Å². The lowest BCUT2D eigenvalue weighted by Gasteiger charge is -2.00. The molecule has 0 radical (unpaired) electrons. The molecule has 0 spiro atoms. The second-order valence-corrected chi connectivity index (χ2v) is 3.90. The summed E-state index contributed by atoms with van der Waals surface area (Å²) in [5, 5.41) is 13.4. The Labute approximate surface area is 78.8 Å². The van der Waals surface area contributed by atoms with Crippen LogP contribution < -0.4 is 5.73 Å². The second-order valence-electron chi connectivity index (χ2n) is 2.92. The monoisotopic (exact) mass is 198 g/mol. The van der Waals surface area contributed by atoms with Crippen LogP contribution >= 0.6 is 11.3 Å². The van der Waals surface area contributed by atoms with E-state index in [0.717, 1.165) is 10.7 Å². The van der Waals surface area contributed by atoms with Crippen molar-refractivity contribution < 1.29 is 5.11 Å². The van der Waals surface area contributed by atoms with Gasteiger partial charge >= 0.3 is 0 Å². The van der Waals surface area contributed by atoms with E-state index in [9.17, 15) is 0 Å². The van der Waals surface area contributed by atoms with E-state index >= 15 is 0 Å². The lowest BCUT2D eigenvalue weighted by molar-refractivity contribution is 0.271. The average Bonchev–Trinajstić information content (AvgIpc) is 2.59. The molecular formula is C7H10N4OS. The van der Waals surface area contributed by atoms with Crippen LogP contribution in [-0.2, 0) is 0 Å². The Morgan fingerprint density at radius 2 is 2.54 bits per heavy atom. The minimum atomic E-state index is 0.0510. The Balaban J connectivity index is 2.45. The molecule has 0 saturated carbocycles.